The molecule has 0 radical (unpaired) electrons. The van der Waals surface area contributed by atoms with E-state index in [1.807, 2.05) is 32.0 Å². The zero-order valence-corrected chi connectivity index (χ0v) is 21.0. The van der Waals surface area contributed by atoms with Crippen molar-refractivity contribution in [2.75, 3.05) is 43.1 Å². The van der Waals surface area contributed by atoms with Gasteiger partial charge in [0.1, 0.15) is 12.4 Å². The van der Waals surface area contributed by atoms with E-state index in [0.29, 0.717) is 26.4 Å². The van der Waals surface area contributed by atoms with Crippen molar-refractivity contribution in [3.05, 3.63) is 64.5 Å². The number of carboxylic acids is 1. The van der Waals surface area contributed by atoms with E-state index in [-0.39, 0.29) is 18.6 Å². The highest BCUT2D eigenvalue weighted by molar-refractivity contribution is 5.77. The highest BCUT2D eigenvalue weighted by atomic mass is 16.5. The topological polar surface area (TPSA) is 106 Å². The van der Waals surface area contributed by atoms with Crippen LogP contribution in [-0.2, 0) is 20.9 Å². The molecule has 2 atom stereocenters. The lowest BCUT2D eigenvalue weighted by Gasteiger charge is -2.27. The number of carbonyl (C=O) groups is 1. The smallest absolute Gasteiger partial charge is 0.306 e. The first kappa shape index (κ1) is 23.7. The van der Waals surface area contributed by atoms with Crippen LogP contribution >= 0.6 is 0 Å². The van der Waals surface area contributed by atoms with E-state index in [2.05, 4.69) is 28.4 Å². The molecule has 4 heterocycles. The third kappa shape index (κ3) is 4.49. The predicted octanol–water partition coefficient (Wildman–Crippen LogP) is 4.19. The molecule has 192 valence electrons. The number of carboxylic acid groups (broad SMARTS) is 1. The van der Waals surface area contributed by atoms with Gasteiger partial charge >= 0.3 is 5.97 Å². The molecule has 2 N–H and O–H groups in total. The van der Waals surface area contributed by atoms with Crippen LogP contribution in [0, 0.1) is 13.8 Å². The number of nitrogens with zero attached hydrogens (tertiary/aromatic N) is 3. The molecule has 3 aromatic rings. The van der Waals surface area contributed by atoms with E-state index in [1.54, 1.807) is 0 Å². The van der Waals surface area contributed by atoms with Gasteiger partial charge in [0.15, 0.2) is 0 Å². The number of anilines is 2. The van der Waals surface area contributed by atoms with Crippen LogP contribution in [-0.4, -0.2) is 54.0 Å². The molecule has 0 spiro atoms. The van der Waals surface area contributed by atoms with E-state index in [4.69, 9.17) is 29.3 Å². The second-order valence-corrected chi connectivity index (χ2v) is 9.71. The summed E-state index contributed by atoms with van der Waals surface area (Å²) in [5.41, 5.74) is 7.88. The minimum absolute atomic E-state index is 0.0145. The first-order valence-corrected chi connectivity index (χ1v) is 12.6. The van der Waals surface area contributed by atoms with Crippen molar-refractivity contribution in [2.45, 2.75) is 39.0 Å². The largest absolute Gasteiger partial charge is 0.490 e. The van der Waals surface area contributed by atoms with Crippen LogP contribution in [0.25, 0.3) is 11.1 Å². The van der Waals surface area contributed by atoms with Crippen molar-refractivity contribution >= 4 is 17.6 Å². The minimum Gasteiger partial charge on any atom is -0.490 e. The summed E-state index contributed by atoms with van der Waals surface area (Å²) in [5, 5.41) is 12.7. The Morgan fingerprint density at radius 2 is 1.89 bits per heavy atom. The third-order valence-corrected chi connectivity index (χ3v) is 7.27. The maximum Gasteiger partial charge on any atom is 0.306 e. The molecule has 2 aromatic carbocycles. The van der Waals surface area contributed by atoms with Gasteiger partial charge in [-0.05, 0) is 37.1 Å². The second-order valence-electron chi connectivity index (χ2n) is 9.71. The van der Waals surface area contributed by atoms with Crippen LogP contribution in [0.2, 0.25) is 0 Å². The number of nitrogens with one attached hydrogen (secondary N) is 1. The van der Waals surface area contributed by atoms with Crippen LogP contribution in [0.3, 0.4) is 0 Å². The number of ether oxygens (including phenoxy) is 3. The summed E-state index contributed by atoms with van der Waals surface area (Å²) in [7, 11) is 0. The van der Waals surface area contributed by atoms with Gasteiger partial charge in [0.25, 0.3) is 0 Å². The Balaban J connectivity index is 1.25. The molecule has 0 amide bonds. The van der Waals surface area contributed by atoms with Crippen LogP contribution in [0.15, 0.2) is 36.4 Å². The minimum atomic E-state index is -0.859. The number of benzene rings is 2. The van der Waals surface area contributed by atoms with Gasteiger partial charge < -0.3 is 29.5 Å². The first-order chi connectivity index (χ1) is 18.0. The van der Waals surface area contributed by atoms with Gasteiger partial charge in [-0.15, -0.1) is 0 Å². The average molecular weight is 503 g/mol. The van der Waals surface area contributed by atoms with Crippen molar-refractivity contribution in [3.63, 3.8) is 0 Å². The number of morpholine rings is 1. The van der Waals surface area contributed by atoms with Crippen LogP contribution < -0.4 is 15.0 Å². The number of rotatable bonds is 6. The highest BCUT2D eigenvalue weighted by Crippen LogP contribution is 2.44. The highest BCUT2D eigenvalue weighted by Gasteiger charge is 2.30. The summed E-state index contributed by atoms with van der Waals surface area (Å²) in [5.74, 6) is 0.753. The van der Waals surface area contributed by atoms with Crippen molar-refractivity contribution in [1.82, 2.24) is 9.97 Å². The van der Waals surface area contributed by atoms with Gasteiger partial charge in [-0.3, -0.25) is 4.79 Å². The molecule has 1 saturated heterocycles. The quantitative estimate of drug-likeness (QED) is 0.513. The Labute approximate surface area is 215 Å². The fourth-order valence-corrected chi connectivity index (χ4v) is 5.50. The van der Waals surface area contributed by atoms with Gasteiger partial charge in [0.05, 0.1) is 49.8 Å². The molecule has 3 aliphatic rings. The summed E-state index contributed by atoms with van der Waals surface area (Å²) in [4.78, 5) is 23.0. The number of hydrogen-bond acceptors (Lipinski definition) is 8. The summed E-state index contributed by atoms with van der Waals surface area (Å²) in [6.07, 6.45) is -0.412. The lowest BCUT2D eigenvalue weighted by molar-refractivity contribution is -0.140. The molecule has 0 saturated carbocycles. The summed E-state index contributed by atoms with van der Waals surface area (Å²) < 4.78 is 17.4. The second kappa shape index (κ2) is 9.64. The summed E-state index contributed by atoms with van der Waals surface area (Å²) in [6, 6.07) is 12.2. The van der Waals surface area contributed by atoms with E-state index in [1.165, 1.54) is 0 Å². The molecule has 37 heavy (non-hydrogen) atoms. The zero-order chi connectivity index (χ0) is 25.5. The molecular weight excluding hydrogens is 472 g/mol. The van der Waals surface area contributed by atoms with Gasteiger partial charge in [-0.2, -0.15) is 0 Å². The maximum atomic E-state index is 11.1. The van der Waals surface area contributed by atoms with Gasteiger partial charge in [0, 0.05) is 35.5 Å². The number of para-hydroxylation sites is 1. The molecule has 0 unspecified atom stereocenters. The number of fused-ring (bicyclic) bond motifs is 2. The lowest BCUT2D eigenvalue weighted by atomic mass is 9.97. The normalized spacial score (nSPS) is 20.3. The van der Waals surface area contributed by atoms with Crippen LogP contribution in [0.1, 0.15) is 46.6 Å². The molecule has 1 fully saturated rings. The standard InChI is InChI=1S/C28H30N4O5/c1-16-26(17(2)30-28(29-16)32-8-10-35-11-9-32)22-5-3-4-21-23(15-37-27(21)22)31-19-6-7-20-18(12-19)14-36-24(20)13-25(33)34/h3-7,12,23-24,31H,8-11,13-15H2,1-2H3,(H,33,34)/t23-,24+/m1/s1. The maximum absolute atomic E-state index is 11.1. The van der Waals surface area contributed by atoms with E-state index >= 15 is 0 Å². The third-order valence-electron chi connectivity index (χ3n) is 7.27. The molecule has 0 aliphatic carbocycles. The van der Waals surface area contributed by atoms with E-state index in [9.17, 15) is 4.79 Å². The van der Waals surface area contributed by atoms with Crippen LogP contribution in [0.5, 0.6) is 5.75 Å². The zero-order valence-electron chi connectivity index (χ0n) is 21.0. The molecule has 9 nitrogen and oxygen atoms in total. The summed E-state index contributed by atoms with van der Waals surface area (Å²) in [6.45, 7) is 7.96. The fraction of sp³-hybridized carbons (Fsp3) is 0.393. The Morgan fingerprint density at radius 1 is 1.11 bits per heavy atom. The number of aliphatic carboxylic acids is 1. The monoisotopic (exact) mass is 502 g/mol. The average Bonchev–Trinajstić information content (AvgIpc) is 3.48. The molecule has 6 rings (SSSR count). The lowest BCUT2D eigenvalue weighted by Crippen LogP contribution is -2.37. The molecule has 0 bridgehead atoms. The Morgan fingerprint density at radius 3 is 2.65 bits per heavy atom. The van der Waals surface area contributed by atoms with Gasteiger partial charge in [0.2, 0.25) is 5.95 Å². The van der Waals surface area contributed by atoms with Crippen molar-refractivity contribution in [2.24, 2.45) is 0 Å². The van der Waals surface area contributed by atoms with Crippen LogP contribution in [0.4, 0.5) is 11.6 Å². The molecule has 9 heteroatoms. The van der Waals surface area contributed by atoms with Crippen molar-refractivity contribution < 1.29 is 24.1 Å². The van der Waals surface area contributed by atoms with Gasteiger partial charge in [-0.25, -0.2) is 9.97 Å². The summed E-state index contributed by atoms with van der Waals surface area (Å²) >= 11 is 0. The first-order valence-electron chi connectivity index (χ1n) is 12.6. The fourth-order valence-electron chi connectivity index (χ4n) is 5.50. The van der Waals surface area contributed by atoms with E-state index < -0.39 is 5.97 Å². The molecular formula is C28H30N4O5. The van der Waals surface area contributed by atoms with Crippen molar-refractivity contribution in [3.8, 4) is 16.9 Å². The predicted molar refractivity (Wildman–Crippen MR) is 138 cm³/mol. The Hall–Kier alpha value is -3.69. The van der Waals surface area contributed by atoms with Gasteiger partial charge in [-0.1, -0.05) is 24.3 Å². The molecule has 3 aliphatic heterocycles. The number of aromatic nitrogens is 2. The Bertz CT molecular complexity index is 1330. The number of aryl methyl sites for hydroxylation is 2. The molecule has 1 aromatic heterocycles. The number of hydrogen-bond donors (Lipinski definition) is 2. The van der Waals surface area contributed by atoms with Crippen molar-refractivity contribution in [1.29, 1.82) is 0 Å². The Kier molecular flexibility index (Phi) is 6.18. The SMILES string of the molecule is Cc1nc(N2CCOCC2)nc(C)c1-c1cccc2c1OC[C@H]2Nc1ccc2c(c1)CO[C@H]2CC(=O)O. The van der Waals surface area contributed by atoms with E-state index in [0.717, 1.165) is 69.7 Å².